The van der Waals surface area contributed by atoms with Crippen molar-refractivity contribution in [2.24, 2.45) is 0 Å². The Balaban J connectivity index is 3.20. The Morgan fingerprint density at radius 3 is 2.47 bits per heavy atom. The van der Waals surface area contributed by atoms with Crippen molar-refractivity contribution in [2.45, 2.75) is 32.7 Å². The van der Waals surface area contributed by atoms with E-state index in [1.165, 1.54) is 12.1 Å². The minimum absolute atomic E-state index is 0.00815. The molecule has 0 fully saturated rings. The van der Waals surface area contributed by atoms with E-state index in [1.807, 2.05) is 13.8 Å². The first-order valence-corrected chi connectivity index (χ1v) is 6.24. The molecular formula is C13H19N3O3. The number of nitrogens with zero attached hydrogens (tertiary/aromatic N) is 2. The lowest BCUT2D eigenvalue weighted by Crippen LogP contribution is -2.36. The van der Waals surface area contributed by atoms with Gasteiger partial charge in [-0.15, -0.1) is 0 Å². The van der Waals surface area contributed by atoms with E-state index in [-0.39, 0.29) is 28.9 Å². The number of rotatable bonds is 5. The normalized spacial score (nSPS) is 10.5. The smallest absolute Gasteiger partial charge is 0.304 e. The van der Waals surface area contributed by atoms with E-state index >= 15 is 0 Å². The maximum absolute atomic E-state index is 12.3. The molecule has 0 heterocycles. The third-order valence-corrected chi connectivity index (χ3v) is 3.29. The Bertz CT molecular complexity index is 484. The first-order valence-electron chi connectivity index (χ1n) is 6.24. The summed E-state index contributed by atoms with van der Waals surface area (Å²) in [7, 11) is 1.66. The number of anilines is 1. The number of hydrogen-bond acceptors (Lipinski definition) is 4. The number of nitro groups is 1. The van der Waals surface area contributed by atoms with Gasteiger partial charge >= 0.3 is 5.69 Å². The first kappa shape index (κ1) is 14.9. The Hall–Kier alpha value is -2.11. The average Bonchev–Trinajstić information content (AvgIpc) is 2.38. The van der Waals surface area contributed by atoms with Crippen LogP contribution in [0.1, 0.15) is 37.0 Å². The molecule has 0 unspecified atom stereocenters. The number of amides is 1. The second-order valence-corrected chi connectivity index (χ2v) is 4.39. The van der Waals surface area contributed by atoms with Crippen LogP contribution in [-0.4, -0.2) is 28.8 Å². The molecular weight excluding hydrogens is 246 g/mol. The van der Waals surface area contributed by atoms with Gasteiger partial charge in [-0.3, -0.25) is 14.9 Å². The molecule has 2 N–H and O–H groups in total. The van der Waals surface area contributed by atoms with Crippen LogP contribution in [0.5, 0.6) is 0 Å². The molecule has 104 valence electrons. The molecule has 0 bridgehead atoms. The van der Waals surface area contributed by atoms with Crippen LogP contribution < -0.4 is 5.73 Å². The summed E-state index contributed by atoms with van der Waals surface area (Å²) in [5.41, 5.74) is 5.32. The van der Waals surface area contributed by atoms with E-state index in [0.29, 0.717) is 0 Å². The molecule has 0 saturated heterocycles. The minimum Gasteiger partial charge on any atom is -0.393 e. The Morgan fingerprint density at radius 1 is 1.42 bits per heavy atom. The van der Waals surface area contributed by atoms with Gasteiger partial charge in [-0.1, -0.05) is 19.9 Å². The number of nitrogens with two attached hydrogens (primary N) is 1. The van der Waals surface area contributed by atoms with E-state index in [4.69, 9.17) is 5.73 Å². The fourth-order valence-electron chi connectivity index (χ4n) is 2.13. The lowest BCUT2D eigenvalue weighted by molar-refractivity contribution is -0.384. The summed E-state index contributed by atoms with van der Waals surface area (Å²) >= 11 is 0. The summed E-state index contributed by atoms with van der Waals surface area (Å²) in [5.74, 6) is -0.368. The molecule has 0 saturated carbocycles. The maximum atomic E-state index is 12.3. The monoisotopic (exact) mass is 265 g/mol. The van der Waals surface area contributed by atoms with Crippen molar-refractivity contribution < 1.29 is 9.72 Å². The van der Waals surface area contributed by atoms with Gasteiger partial charge in [0, 0.05) is 13.1 Å². The molecule has 0 spiro atoms. The molecule has 0 aliphatic rings. The van der Waals surface area contributed by atoms with Gasteiger partial charge in [0.25, 0.3) is 5.91 Å². The molecule has 1 rings (SSSR count). The molecule has 1 aromatic carbocycles. The Labute approximate surface area is 112 Å². The molecule has 0 radical (unpaired) electrons. The van der Waals surface area contributed by atoms with Gasteiger partial charge in [-0.25, -0.2) is 0 Å². The van der Waals surface area contributed by atoms with E-state index in [2.05, 4.69) is 0 Å². The van der Waals surface area contributed by atoms with Crippen molar-refractivity contribution in [3.8, 4) is 0 Å². The Kier molecular flexibility index (Phi) is 4.86. The van der Waals surface area contributed by atoms with Crippen molar-refractivity contribution in [1.82, 2.24) is 4.90 Å². The van der Waals surface area contributed by atoms with E-state index in [9.17, 15) is 14.9 Å². The maximum Gasteiger partial charge on any atom is 0.304 e. The number of nitrogen functional groups attached to an aromatic ring is 1. The summed E-state index contributed by atoms with van der Waals surface area (Å²) in [6.45, 7) is 3.96. The second-order valence-electron chi connectivity index (χ2n) is 4.39. The number of hydrogen-bond donors (Lipinski definition) is 1. The predicted octanol–water partition coefficient (Wildman–Crippen LogP) is 2.44. The molecule has 1 amide bonds. The standard InChI is InChI=1S/C13H19N3O3/c1-4-9(5-2)15(3)13(17)10-7-6-8-11(14)12(10)16(18)19/h6-9H,4-5,14H2,1-3H3. The summed E-state index contributed by atoms with van der Waals surface area (Å²) < 4.78 is 0. The van der Waals surface area contributed by atoms with E-state index < -0.39 is 4.92 Å². The lowest BCUT2D eigenvalue weighted by Gasteiger charge is -2.26. The molecule has 1 aromatic rings. The van der Waals surface area contributed by atoms with E-state index in [0.717, 1.165) is 12.8 Å². The molecule has 6 nitrogen and oxygen atoms in total. The topological polar surface area (TPSA) is 89.5 Å². The number of nitro benzene ring substituents is 1. The van der Waals surface area contributed by atoms with Crippen LogP contribution in [0.15, 0.2) is 18.2 Å². The van der Waals surface area contributed by atoms with E-state index in [1.54, 1.807) is 18.0 Å². The van der Waals surface area contributed by atoms with Crippen LogP contribution in [0.3, 0.4) is 0 Å². The van der Waals surface area contributed by atoms with Gasteiger partial charge < -0.3 is 10.6 Å². The van der Waals surface area contributed by atoms with Gasteiger partial charge in [0.05, 0.1) is 4.92 Å². The van der Waals surface area contributed by atoms with Crippen molar-refractivity contribution in [3.63, 3.8) is 0 Å². The zero-order valence-corrected chi connectivity index (χ0v) is 11.4. The van der Waals surface area contributed by atoms with Crippen LogP contribution in [0.25, 0.3) is 0 Å². The highest BCUT2D eigenvalue weighted by Gasteiger charge is 2.27. The second kappa shape index (κ2) is 6.17. The SMILES string of the molecule is CCC(CC)N(C)C(=O)c1cccc(N)c1[N+](=O)[O-]. The fourth-order valence-corrected chi connectivity index (χ4v) is 2.13. The fraction of sp³-hybridized carbons (Fsp3) is 0.462. The van der Waals surface area contributed by atoms with Crippen molar-refractivity contribution in [3.05, 3.63) is 33.9 Å². The van der Waals surface area contributed by atoms with Crippen LogP contribution in [-0.2, 0) is 0 Å². The average molecular weight is 265 g/mol. The lowest BCUT2D eigenvalue weighted by atomic mass is 10.1. The first-order chi connectivity index (χ1) is 8.93. The molecule has 0 aromatic heterocycles. The van der Waals surface area contributed by atoms with Crippen molar-refractivity contribution in [2.75, 3.05) is 12.8 Å². The van der Waals surface area contributed by atoms with Gasteiger partial charge in [0.15, 0.2) is 0 Å². The van der Waals surface area contributed by atoms with Gasteiger partial charge in [0.2, 0.25) is 0 Å². The van der Waals surface area contributed by atoms with Crippen LogP contribution in [0.2, 0.25) is 0 Å². The third kappa shape index (κ3) is 3.01. The van der Waals surface area contributed by atoms with Crippen molar-refractivity contribution >= 4 is 17.3 Å². The molecule has 19 heavy (non-hydrogen) atoms. The van der Waals surface area contributed by atoms with Crippen LogP contribution in [0, 0.1) is 10.1 Å². The number of carbonyl (C=O) groups is 1. The molecule has 0 aliphatic carbocycles. The highest BCUT2D eigenvalue weighted by Crippen LogP contribution is 2.27. The zero-order valence-electron chi connectivity index (χ0n) is 11.4. The summed E-state index contributed by atoms with van der Waals surface area (Å²) in [4.78, 5) is 24.3. The zero-order chi connectivity index (χ0) is 14.6. The quantitative estimate of drug-likeness (QED) is 0.503. The largest absolute Gasteiger partial charge is 0.393 e. The summed E-state index contributed by atoms with van der Waals surface area (Å²) in [5, 5.41) is 11.0. The minimum atomic E-state index is -0.608. The third-order valence-electron chi connectivity index (χ3n) is 3.29. The van der Waals surface area contributed by atoms with Gasteiger partial charge in [0.1, 0.15) is 11.3 Å². The van der Waals surface area contributed by atoms with Crippen LogP contribution in [0.4, 0.5) is 11.4 Å². The molecule has 0 atom stereocenters. The number of carbonyl (C=O) groups excluding carboxylic acids is 1. The highest BCUT2D eigenvalue weighted by atomic mass is 16.6. The number of benzene rings is 1. The molecule has 6 heteroatoms. The molecule has 0 aliphatic heterocycles. The summed E-state index contributed by atoms with van der Waals surface area (Å²) in [6, 6.07) is 4.48. The highest BCUT2D eigenvalue weighted by molar-refractivity contribution is 6.00. The van der Waals surface area contributed by atoms with Crippen molar-refractivity contribution in [1.29, 1.82) is 0 Å². The van der Waals surface area contributed by atoms with Crippen LogP contribution >= 0.6 is 0 Å². The van der Waals surface area contributed by atoms with Gasteiger partial charge in [-0.2, -0.15) is 0 Å². The predicted molar refractivity (Wildman–Crippen MR) is 74.0 cm³/mol. The number of para-hydroxylation sites is 1. The van der Waals surface area contributed by atoms with Gasteiger partial charge in [-0.05, 0) is 25.0 Å². The summed E-state index contributed by atoms with van der Waals surface area (Å²) in [6.07, 6.45) is 1.60. The Morgan fingerprint density at radius 2 is 2.00 bits per heavy atom.